The number of phenols is 1. The average Bonchev–Trinajstić information content (AvgIpc) is 2.40. The standard InChI is InChI=1S/C15H10BrNO2/c16-10-3-6-13-12(7-10)15(19)8-14(17-13)9-1-4-11(18)5-2-9/h1-8,18H,(H,17,19). The molecule has 0 spiro atoms. The highest BCUT2D eigenvalue weighted by Crippen LogP contribution is 2.22. The number of rotatable bonds is 1. The number of halogens is 1. The quantitative estimate of drug-likeness (QED) is 0.720. The second-order valence-corrected chi connectivity index (χ2v) is 5.20. The molecule has 0 aliphatic rings. The predicted molar refractivity (Wildman–Crippen MR) is 79.4 cm³/mol. The first-order valence-electron chi connectivity index (χ1n) is 5.75. The molecule has 3 rings (SSSR count). The van der Waals surface area contributed by atoms with E-state index in [1.54, 1.807) is 36.4 Å². The maximum Gasteiger partial charge on any atom is 0.190 e. The molecule has 1 aromatic heterocycles. The van der Waals surface area contributed by atoms with Gasteiger partial charge in [-0.2, -0.15) is 0 Å². The monoisotopic (exact) mass is 315 g/mol. The van der Waals surface area contributed by atoms with Crippen LogP contribution < -0.4 is 5.43 Å². The molecule has 0 saturated carbocycles. The van der Waals surface area contributed by atoms with Crippen molar-refractivity contribution in [2.45, 2.75) is 0 Å². The minimum Gasteiger partial charge on any atom is -0.508 e. The first kappa shape index (κ1) is 12.0. The van der Waals surface area contributed by atoms with Crippen molar-refractivity contribution >= 4 is 26.8 Å². The van der Waals surface area contributed by atoms with Gasteiger partial charge in [0.1, 0.15) is 5.75 Å². The van der Waals surface area contributed by atoms with Crippen molar-refractivity contribution in [1.29, 1.82) is 0 Å². The minimum atomic E-state index is -0.0295. The van der Waals surface area contributed by atoms with Crippen molar-refractivity contribution in [3.05, 3.63) is 63.2 Å². The summed E-state index contributed by atoms with van der Waals surface area (Å²) in [6.07, 6.45) is 0. The Bertz CT molecular complexity index is 806. The van der Waals surface area contributed by atoms with Gasteiger partial charge >= 0.3 is 0 Å². The Balaban J connectivity index is 2.24. The van der Waals surface area contributed by atoms with Crippen LogP contribution in [0.5, 0.6) is 5.75 Å². The number of benzene rings is 2. The van der Waals surface area contributed by atoms with Crippen LogP contribution in [0.2, 0.25) is 0 Å². The van der Waals surface area contributed by atoms with Crippen molar-refractivity contribution < 1.29 is 5.11 Å². The van der Waals surface area contributed by atoms with Gasteiger partial charge in [0.2, 0.25) is 0 Å². The second-order valence-electron chi connectivity index (χ2n) is 4.28. The second kappa shape index (κ2) is 4.55. The number of phenolic OH excluding ortho intramolecular Hbond substituents is 1. The van der Waals surface area contributed by atoms with Gasteiger partial charge in [-0.05, 0) is 48.0 Å². The molecule has 0 aliphatic heterocycles. The van der Waals surface area contributed by atoms with E-state index in [2.05, 4.69) is 20.9 Å². The molecule has 0 unspecified atom stereocenters. The number of H-pyrrole nitrogens is 1. The van der Waals surface area contributed by atoms with Crippen molar-refractivity contribution in [3.8, 4) is 17.0 Å². The molecule has 0 saturated heterocycles. The van der Waals surface area contributed by atoms with E-state index in [1.165, 1.54) is 0 Å². The summed E-state index contributed by atoms with van der Waals surface area (Å²) in [6.45, 7) is 0. The Kier molecular flexibility index (Phi) is 2.87. The summed E-state index contributed by atoms with van der Waals surface area (Å²) in [5.41, 5.74) is 2.36. The molecule has 4 heteroatoms. The third-order valence-corrected chi connectivity index (χ3v) is 3.46. The molecule has 0 amide bonds. The predicted octanol–water partition coefficient (Wildman–Crippen LogP) is 3.66. The van der Waals surface area contributed by atoms with Gasteiger partial charge in [0.25, 0.3) is 0 Å². The van der Waals surface area contributed by atoms with Gasteiger partial charge in [-0.3, -0.25) is 4.79 Å². The van der Waals surface area contributed by atoms with Crippen LogP contribution >= 0.6 is 15.9 Å². The highest BCUT2D eigenvalue weighted by molar-refractivity contribution is 9.10. The lowest BCUT2D eigenvalue weighted by Gasteiger charge is -2.05. The number of hydrogen-bond donors (Lipinski definition) is 2. The van der Waals surface area contributed by atoms with Gasteiger partial charge in [-0.25, -0.2) is 0 Å². The lowest BCUT2D eigenvalue weighted by atomic mass is 10.1. The zero-order valence-corrected chi connectivity index (χ0v) is 11.4. The zero-order valence-electron chi connectivity index (χ0n) is 9.85. The van der Waals surface area contributed by atoms with Gasteiger partial charge in [0.05, 0.1) is 0 Å². The summed E-state index contributed by atoms with van der Waals surface area (Å²) in [7, 11) is 0. The van der Waals surface area contributed by atoms with Crippen LogP contribution in [0.25, 0.3) is 22.2 Å². The van der Waals surface area contributed by atoms with Crippen LogP contribution in [0.3, 0.4) is 0 Å². The molecule has 2 N–H and O–H groups in total. The Hall–Kier alpha value is -2.07. The van der Waals surface area contributed by atoms with E-state index in [9.17, 15) is 9.90 Å². The van der Waals surface area contributed by atoms with Crippen molar-refractivity contribution in [1.82, 2.24) is 4.98 Å². The highest BCUT2D eigenvalue weighted by Gasteiger charge is 2.04. The molecule has 0 fully saturated rings. The van der Waals surface area contributed by atoms with Crippen LogP contribution in [-0.4, -0.2) is 10.1 Å². The smallest absolute Gasteiger partial charge is 0.190 e. The molecule has 1 heterocycles. The maximum absolute atomic E-state index is 12.1. The van der Waals surface area contributed by atoms with E-state index in [-0.39, 0.29) is 11.2 Å². The van der Waals surface area contributed by atoms with E-state index < -0.39 is 0 Å². The van der Waals surface area contributed by atoms with E-state index in [1.807, 2.05) is 12.1 Å². The molecule has 0 aliphatic carbocycles. The fourth-order valence-electron chi connectivity index (χ4n) is 2.02. The van der Waals surface area contributed by atoms with Gasteiger partial charge in [0, 0.05) is 27.1 Å². The van der Waals surface area contributed by atoms with Gasteiger partial charge in [0.15, 0.2) is 5.43 Å². The summed E-state index contributed by atoms with van der Waals surface area (Å²) in [5.74, 6) is 0.204. The van der Waals surface area contributed by atoms with Crippen LogP contribution in [-0.2, 0) is 0 Å². The Morgan fingerprint density at radius 2 is 1.74 bits per heavy atom. The first-order chi connectivity index (χ1) is 9.13. The lowest BCUT2D eigenvalue weighted by molar-refractivity contribution is 0.475. The Labute approximate surface area is 117 Å². The number of aromatic amines is 1. The molecule has 0 radical (unpaired) electrons. The normalized spacial score (nSPS) is 10.8. The number of aromatic hydroxyl groups is 1. The maximum atomic E-state index is 12.1. The number of hydrogen-bond acceptors (Lipinski definition) is 2. The fraction of sp³-hybridized carbons (Fsp3) is 0. The Morgan fingerprint density at radius 1 is 1.00 bits per heavy atom. The largest absolute Gasteiger partial charge is 0.508 e. The van der Waals surface area contributed by atoms with E-state index >= 15 is 0 Å². The van der Waals surface area contributed by atoms with Crippen LogP contribution in [0, 0.1) is 0 Å². The lowest BCUT2D eigenvalue weighted by Crippen LogP contribution is -2.02. The summed E-state index contributed by atoms with van der Waals surface area (Å²) in [6, 6.07) is 13.9. The average molecular weight is 316 g/mol. The molecule has 2 aromatic carbocycles. The summed E-state index contributed by atoms with van der Waals surface area (Å²) in [4.78, 5) is 15.3. The van der Waals surface area contributed by atoms with Crippen molar-refractivity contribution in [2.24, 2.45) is 0 Å². The summed E-state index contributed by atoms with van der Waals surface area (Å²) in [5, 5.41) is 9.93. The summed E-state index contributed by atoms with van der Waals surface area (Å²) < 4.78 is 0.878. The number of pyridine rings is 1. The number of fused-ring (bicyclic) bond motifs is 1. The minimum absolute atomic E-state index is 0.0295. The van der Waals surface area contributed by atoms with Crippen molar-refractivity contribution in [3.63, 3.8) is 0 Å². The van der Waals surface area contributed by atoms with Crippen LogP contribution in [0.1, 0.15) is 0 Å². The molecule has 94 valence electrons. The third-order valence-electron chi connectivity index (χ3n) is 2.97. The number of aromatic nitrogens is 1. The van der Waals surface area contributed by atoms with Gasteiger partial charge in [-0.1, -0.05) is 15.9 Å². The molecular formula is C15H10BrNO2. The molecule has 0 bridgehead atoms. The van der Waals surface area contributed by atoms with Crippen LogP contribution in [0.15, 0.2) is 57.8 Å². The third kappa shape index (κ3) is 2.27. The molecule has 3 nitrogen and oxygen atoms in total. The van der Waals surface area contributed by atoms with Crippen molar-refractivity contribution in [2.75, 3.05) is 0 Å². The molecule has 0 atom stereocenters. The molecular weight excluding hydrogens is 306 g/mol. The van der Waals surface area contributed by atoms with Gasteiger partial charge < -0.3 is 10.1 Å². The summed E-state index contributed by atoms with van der Waals surface area (Å²) >= 11 is 3.36. The number of nitrogens with one attached hydrogen (secondary N) is 1. The van der Waals surface area contributed by atoms with E-state index in [0.29, 0.717) is 5.39 Å². The van der Waals surface area contributed by atoms with E-state index in [0.717, 1.165) is 21.2 Å². The zero-order chi connectivity index (χ0) is 13.4. The topological polar surface area (TPSA) is 53.1 Å². The highest BCUT2D eigenvalue weighted by atomic mass is 79.9. The Morgan fingerprint density at radius 3 is 2.47 bits per heavy atom. The van der Waals surface area contributed by atoms with E-state index in [4.69, 9.17) is 0 Å². The molecule has 19 heavy (non-hydrogen) atoms. The molecule has 3 aromatic rings. The van der Waals surface area contributed by atoms with Gasteiger partial charge in [-0.15, -0.1) is 0 Å². The fourth-order valence-corrected chi connectivity index (χ4v) is 2.38. The van der Waals surface area contributed by atoms with Crippen LogP contribution in [0.4, 0.5) is 0 Å². The first-order valence-corrected chi connectivity index (χ1v) is 6.55. The SMILES string of the molecule is O=c1cc(-c2ccc(O)cc2)[nH]c2ccc(Br)cc12.